The van der Waals surface area contributed by atoms with Crippen molar-refractivity contribution in [3.63, 3.8) is 0 Å². The van der Waals surface area contributed by atoms with Crippen LogP contribution < -0.4 is 15.6 Å². The molecule has 0 saturated carbocycles. The quantitative estimate of drug-likeness (QED) is 0.898. The third-order valence-corrected chi connectivity index (χ3v) is 3.15. The molecule has 2 aromatic rings. The summed E-state index contributed by atoms with van der Waals surface area (Å²) < 4.78 is 5.19. The van der Waals surface area contributed by atoms with Gasteiger partial charge in [0.05, 0.1) is 24.4 Å². The van der Waals surface area contributed by atoms with Crippen molar-refractivity contribution in [2.45, 2.75) is 26.8 Å². The number of H-pyrrole nitrogens is 1. The lowest BCUT2D eigenvalue weighted by atomic mass is 10.1. The monoisotopic (exact) mass is 273 g/mol. The van der Waals surface area contributed by atoms with Crippen LogP contribution in [0.1, 0.15) is 30.0 Å². The molecule has 106 valence electrons. The second-order valence-corrected chi connectivity index (χ2v) is 4.75. The number of aromatic nitrogens is 2. The van der Waals surface area contributed by atoms with Crippen molar-refractivity contribution in [2.75, 3.05) is 12.4 Å². The van der Waals surface area contributed by atoms with E-state index in [1.54, 1.807) is 14.0 Å². The molecule has 0 aliphatic rings. The standard InChI is InChI=1S/C15H19N3O2/c1-9-14(15(19)18-11(3)16-9)10(2)17-12-6-5-7-13(8-12)20-4/h5-8,10,17H,1-4H3,(H,16,18,19). The summed E-state index contributed by atoms with van der Waals surface area (Å²) in [4.78, 5) is 19.1. The average molecular weight is 273 g/mol. The number of aryl methyl sites for hydroxylation is 2. The minimum atomic E-state index is -0.140. The molecule has 2 rings (SSSR count). The maximum absolute atomic E-state index is 12.1. The molecular formula is C15H19N3O2. The number of hydrogen-bond donors (Lipinski definition) is 2. The Bertz CT molecular complexity index is 664. The largest absolute Gasteiger partial charge is 0.497 e. The summed E-state index contributed by atoms with van der Waals surface area (Å²) in [6.07, 6.45) is 0. The number of rotatable bonds is 4. The first-order chi connectivity index (χ1) is 9.51. The van der Waals surface area contributed by atoms with Gasteiger partial charge in [-0.1, -0.05) is 6.07 Å². The number of ether oxygens (including phenoxy) is 1. The summed E-state index contributed by atoms with van der Waals surface area (Å²) >= 11 is 0. The first kappa shape index (κ1) is 14.1. The predicted molar refractivity (Wildman–Crippen MR) is 79.4 cm³/mol. The van der Waals surface area contributed by atoms with Crippen molar-refractivity contribution in [1.82, 2.24) is 9.97 Å². The smallest absolute Gasteiger partial charge is 0.256 e. The van der Waals surface area contributed by atoms with Gasteiger partial charge >= 0.3 is 0 Å². The number of hydrogen-bond acceptors (Lipinski definition) is 4. The zero-order chi connectivity index (χ0) is 14.7. The van der Waals surface area contributed by atoms with Crippen molar-refractivity contribution in [3.05, 3.63) is 51.7 Å². The van der Waals surface area contributed by atoms with Gasteiger partial charge in [-0.15, -0.1) is 0 Å². The molecular weight excluding hydrogens is 254 g/mol. The molecule has 0 fully saturated rings. The molecule has 0 amide bonds. The number of nitrogens with one attached hydrogen (secondary N) is 2. The zero-order valence-corrected chi connectivity index (χ0v) is 12.2. The van der Waals surface area contributed by atoms with Gasteiger partial charge in [-0.3, -0.25) is 4.79 Å². The fourth-order valence-electron chi connectivity index (χ4n) is 2.28. The van der Waals surface area contributed by atoms with Gasteiger partial charge in [-0.05, 0) is 32.9 Å². The van der Waals surface area contributed by atoms with Gasteiger partial charge < -0.3 is 15.0 Å². The van der Waals surface area contributed by atoms with Crippen molar-refractivity contribution in [3.8, 4) is 5.75 Å². The van der Waals surface area contributed by atoms with E-state index in [2.05, 4.69) is 15.3 Å². The summed E-state index contributed by atoms with van der Waals surface area (Å²) in [5, 5.41) is 3.29. The molecule has 5 heteroatoms. The maximum atomic E-state index is 12.1. The topological polar surface area (TPSA) is 67.0 Å². The zero-order valence-electron chi connectivity index (χ0n) is 12.2. The average Bonchev–Trinajstić information content (AvgIpc) is 2.37. The summed E-state index contributed by atoms with van der Waals surface area (Å²) in [7, 11) is 1.63. The minimum Gasteiger partial charge on any atom is -0.497 e. The van der Waals surface area contributed by atoms with Crippen LogP contribution in [0.5, 0.6) is 5.75 Å². The number of benzene rings is 1. The second-order valence-electron chi connectivity index (χ2n) is 4.75. The Kier molecular flexibility index (Phi) is 4.08. The summed E-state index contributed by atoms with van der Waals surface area (Å²) in [5.41, 5.74) is 2.20. The fourth-order valence-corrected chi connectivity index (χ4v) is 2.28. The molecule has 1 atom stereocenters. The fraction of sp³-hybridized carbons (Fsp3) is 0.333. The van der Waals surface area contributed by atoms with Crippen LogP contribution in [0.25, 0.3) is 0 Å². The van der Waals surface area contributed by atoms with Gasteiger partial charge in [0.2, 0.25) is 0 Å². The lowest BCUT2D eigenvalue weighted by Gasteiger charge is -2.17. The van der Waals surface area contributed by atoms with E-state index in [1.807, 2.05) is 38.1 Å². The van der Waals surface area contributed by atoms with Crippen molar-refractivity contribution in [1.29, 1.82) is 0 Å². The molecule has 1 aromatic heterocycles. The van der Waals surface area contributed by atoms with E-state index in [9.17, 15) is 4.79 Å². The van der Waals surface area contributed by atoms with Gasteiger partial charge in [0.15, 0.2) is 0 Å². The van der Waals surface area contributed by atoms with Gasteiger partial charge in [-0.25, -0.2) is 4.98 Å². The van der Waals surface area contributed by atoms with Crippen LogP contribution in [0.2, 0.25) is 0 Å². The highest BCUT2D eigenvalue weighted by molar-refractivity contribution is 5.49. The van der Waals surface area contributed by atoms with Gasteiger partial charge in [-0.2, -0.15) is 0 Å². The van der Waals surface area contributed by atoms with Crippen LogP contribution in [0, 0.1) is 13.8 Å². The van der Waals surface area contributed by atoms with Gasteiger partial charge in [0, 0.05) is 11.8 Å². The number of aromatic amines is 1. The normalized spacial score (nSPS) is 12.0. The highest BCUT2D eigenvalue weighted by atomic mass is 16.5. The Hall–Kier alpha value is -2.30. The Morgan fingerprint density at radius 1 is 1.35 bits per heavy atom. The molecule has 1 aromatic carbocycles. The first-order valence-electron chi connectivity index (χ1n) is 6.49. The molecule has 2 N–H and O–H groups in total. The third kappa shape index (κ3) is 2.99. The molecule has 5 nitrogen and oxygen atoms in total. The van der Waals surface area contributed by atoms with E-state index in [-0.39, 0.29) is 11.6 Å². The van der Waals surface area contributed by atoms with Crippen LogP contribution in [0.15, 0.2) is 29.1 Å². The van der Waals surface area contributed by atoms with E-state index in [4.69, 9.17) is 4.74 Å². The highest BCUT2D eigenvalue weighted by Crippen LogP contribution is 2.22. The van der Waals surface area contributed by atoms with Crippen LogP contribution in [-0.2, 0) is 0 Å². The second kappa shape index (κ2) is 5.77. The molecule has 0 radical (unpaired) electrons. The molecule has 0 aliphatic carbocycles. The molecule has 0 bridgehead atoms. The number of methoxy groups -OCH3 is 1. The Morgan fingerprint density at radius 2 is 2.10 bits per heavy atom. The van der Waals surface area contributed by atoms with Crippen molar-refractivity contribution < 1.29 is 4.74 Å². The van der Waals surface area contributed by atoms with Crippen LogP contribution in [0.3, 0.4) is 0 Å². The van der Waals surface area contributed by atoms with Gasteiger partial charge in [0.25, 0.3) is 5.56 Å². The molecule has 0 spiro atoms. The molecule has 1 unspecified atom stereocenters. The van der Waals surface area contributed by atoms with E-state index in [0.717, 1.165) is 17.1 Å². The summed E-state index contributed by atoms with van der Waals surface area (Å²) in [5.74, 6) is 1.40. The van der Waals surface area contributed by atoms with Crippen molar-refractivity contribution in [2.24, 2.45) is 0 Å². The van der Waals surface area contributed by atoms with E-state index in [1.165, 1.54) is 0 Å². The highest BCUT2D eigenvalue weighted by Gasteiger charge is 2.14. The van der Waals surface area contributed by atoms with Gasteiger partial charge in [0.1, 0.15) is 11.6 Å². The maximum Gasteiger partial charge on any atom is 0.256 e. The molecule has 20 heavy (non-hydrogen) atoms. The predicted octanol–water partition coefficient (Wildman–Crippen LogP) is 2.57. The lowest BCUT2D eigenvalue weighted by Crippen LogP contribution is -2.23. The molecule has 0 saturated heterocycles. The summed E-state index contributed by atoms with van der Waals surface area (Å²) in [6.45, 7) is 5.56. The van der Waals surface area contributed by atoms with Crippen LogP contribution in [0.4, 0.5) is 5.69 Å². The third-order valence-electron chi connectivity index (χ3n) is 3.15. The number of nitrogens with zero attached hydrogens (tertiary/aromatic N) is 1. The SMILES string of the molecule is COc1cccc(NC(C)c2c(C)nc(C)[nH]c2=O)c1. The molecule has 1 heterocycles. The van der Waals surface area contributed by atoms with E-state index < -0.39 is 0 Å². The van der Waals surface area contributed by atoms with E-state index >= 15 is 0 Å². The Morgan fingerprint density at radius 3 is 2.75 bits per heavy atom. The Labute approximate surface area is 118 Å². The van der Waals surface area contributed by atoms with E-state index in [0.29, 0.717) is 11.4 Å². The lowest BCUT2D eigenvalue weighted by molar-refractivity contribution is 0.415. The number of anilines is 1. The Balaban J connectivity index is 2.28. The van der Waals surface area contributed by atoms with Crippen LogP contribution in [-0.4, -0.2) is 17.1 Å². The molecule has 0 aliphatic heterocycles. The van der Waals surface area contributed by atoms with Crippen molar-refractivity contribution >= 4 is 5.69 Å². The summed E-state index contributed by atoms with van der Waals surface area (Å²) in [6, 6.07) is 7.46. The van der Waals surface area contributed by atoms with Crippen LogP contribution >= 0.6 is 0 Å². The first-order valence-corrected chi connectivity index (χ1v) is 6.49. The minimum absolute atomic E-state index is 0.0992.